The number of ether oxygens (including phenoxy) is 3. The van der Waals surface area contributed by atoms with Gasteiger partial charge in [0.05, 0.1) is 21.3 Å². The summed E-state index contributed by atoms with van der Waals surface area (Å²) in [5, 5.41) is 1.97. The van der Waals surface area contributed by atoms with Crippen LogP contribution in [0.4, 0.5) is 0 Å². The van der Waals surface area contributed by atoms with Crippen molar-refractivity contribution < 1.29 is 43.0 Å². The van der Waals surface area contributed by atoms with E-state index in [1.807, 2.05) is 78.9 Å². The maximum Gasteiger partial charge on any atom is 0.160 e. The van der Waals surface area contributed by atoms with Crippen molar-refractivity contribution in [1.29, 1.82) is 0 Å². The summed E-state index contributed by atoms with van der Waals surface area (Å²) < 4.78 is 15.0. The fraction of sp³-hybridized carbons (Fsp3) is 0.184. The van der Waals surface area contributed by atoms with Crippen molar-refractivity contribution in [2.75, 3.05) is 21.3 Å². The van der Waals surface area contributed by atoms with Crippen LogP contribution in [0, 0.1) is 0 Å². The zero-order valence-corrected chi connectivity index (χ0v) is 34.5. The molecule has 0 heterocycles. The van der Waals surface area contributed by atoms with Crippen molar-refractivity contribution >= 4 is 45.5 Å². The van der Waals surface area contributed by atoms with Gasteiger partial charge in [-0.25, -0.2) is 0 Å². The molecule has 0 aliphatic heterocycles. The molecule has 0 bridgehead atoms. The van der Waals surface area contributed by atoms with E-state index in [0.717, 1.165) is 33.6 Å². The van der Waals surface area contributed by atoms with E-state index in [1.165, 1.54) is 13.8 Å². The van der Waals surface area contributed by atoms with Crippen LogP contribution in [0.25, 0.3) is 10.8 Å². The van der Waals surface area contributed by atoms with Crippen LogP contribution in [-0.4, -0.2) is 56.0 Å². The van der Waals surface area contributed by atoms with Gasteiger partial charge in [0.15, 0.2) is 46.2 Å². The number of hydrogen-bond acceptors (Lipinski definition) is 9. The Kier molecular flexibility index (Phi) is 19.9. The molecule has 0 unspecified atom stereocenters. The average Bonchev–Trinajstić information content (AvgIpc) is 3.24. The van der Waals surface area contributed by atoms with E-state index in [9.17, 15) is 28.8 Å². The highest BCUT2D eigenvalue weighted by molar-refractivity contribution is 6.02. The lowest BCUT2D eigenvalue weighted by Gasteiger charge is -2.04. The van der Waals surface area contributed by atoms with Crippen molar-refractivity contribution in [1.82, 2.24) is 0 Å². The molecule has 0 saturated carbocycles. The minimum atomic E-state index is 0.0186. The lowest BCUT2D eigenvalue weighted by atomic mass is 10.0. The Balaban J connectivity index is 0.000000254. The van der Waals surface area contributed by atoms with E-state index < -0.39 is 0 Å². The van der Waals surface area contributed by atoms with Gasteiger partial charge in [0.1, 0.15) is 5.75 Å². The Hall–Kier alpha value is -7.00. The minimum absolute atomic E-state index is 0.0186. The van der Waals surface area contributed by atoms with E-state index in [4.69, 9.17) is 14.2 Å². The quantitative estimate of drug-likeness (QED) is 0.132. The normalized spacial score (nSPS) is 9.53. The molecule has 0 N–H and O–H groups in total. The Morgan fingerprint density at radius 2 is 0.586 bits per heavy atom. The van der Waals surface area contributed by atoms with Crippen LogP contribution in [0.15, 0.2) is 140 Å². The monoisotopic (exact) mass is 782 g/mol. The minimum Gasteiger partial charge on any atom is -0.497 e. The van der Waals surface area contributed by atoms with Gasteiger partial charge >= 0.3 is 0 Å². The van der Waals surface area contributed by atoms with Gasteiger partial charge in [-0.15, -0.1) is 0 Å². The Labute approximate surface area is 340 Å². The third-order valence-corrected chi connectivity index (χ3v) is 8.32. The molecular formula is C49H50O9. The molecule has 9 nitrogen and oxygen atoms in total. The summed E-state index contributed by atoms with van der Waals surface area (Å²) >= 11 is 0. The van der Waals surface area contributed by atoms with Crippen LogP contribution < -0.4 is 14.2 Å². The number of fused-ring (bicyclic) bond motifs is 1. The van der Waals surface area contributed by atoms with Crippen LogP contribution in [0.1, 0.15) is 104 Å². The number of ketones is 6. The van der Waals surface area contributed by atoms with Crippen molar-refractivity contribution in [3.05, 3.63) is 173 Å². The Morgan fingerprint density at radius 1 is 0.310 bits per heavy atom. The maximum atomic E-state index is 11.2. The molecule has 0 atom stereocenters. The number of rotatable bonds is 9. The van der Waals surface area contributed by atoms with Crippen LogP contribution in [0.2, 0.25) is 0 Å². The van der Waals surface area contributed by atoms with Crippen molar-refractivity contribution in [3.8, 4) is 17.2 Å². The molecule has 6 aromatic carbocycles. The summed E-state index contributed by atoms with van der Waals surface area (Å²) in [4.78, 5) is 65.6. The standard InChI is InChI=1S/C14H12O2.C10H10O2.C9H10O2.C8H10O2.C8H8O/c1-9(15)11-3-5-14-8-12(10(2)16)4-6-13(14)7-11;1-7(11)9-3-5-10(6-4-9)8(2)12;1-7(10)8-3-5-9(11-2)6-4-8;1-9-7-5-3-4-6-8(7)10-2;1-7(9)8-5-3-2-4-6-8/h3-8H,1-2H3;3-6H,1-2H3;3-6H,1-2H3;3-6H,1-2H3;2-6H,1H3. The highest BCUT2D eigenvalue weighted by Gasteiger charge is 2.04. The largest absolute Gasteiger partial charge is 0.497 e. The molecule has 6 aromatic rings. The van der Waals surface area contributed by atoms with Gasteiger partial charge in [0.25, 0.3) is 0 Å². The van der Waals surface area contributed by atoms with E-state index >= 15 is 0 Å². The summed E-state index contributed by atoms with van der Waals surface area (Å²) in [5.74, 6) is 2.65. The molecule has 0 fully saturated rings. The van der Waals surface area contributed by atoms with Crippen LogP contribution >= 0.6 is 0 Å². The van der Waals surface area contributed by atoms with Gasteiger partial charge in [-0.3, -0.25) is 28.8 Å². The summed E-state index contributed by atoms with van der Waals surface area (Å²) in [5.41, 5.74) is 4.16. The first-order valence-corrected chi connectivity index (χ1v) is 18.2. The first-order valence-electron chi connectivity index (χ1n) is 18.2. The van der Waals surface area contributed by atoms with Gasteiger partial charge in [0, 0.05) is 33.4 Å². The fourth-order valence-electron chi connectivity index (χ4n) is 4.91. The van der Waals surface area contributed by atoms with Crippen LogP contribution in [0.3, 0.4) is 0 Å². The Morgan fingerprint density at radius 3 is 0.862 bits per heavy atom. The molecule has 9 heteroatoms. The maximum absolute atomic E-state index is 11.2. The fourth-order valence-corrected chi connectivity index (χ4v) is 4.91. The first kappa shape index (κ1) is 47.2. The molecule has 0 aliphatic rings. The number of carbonyl (C=O) groups is 6. The highest BCUT2D eigenvalue weighted by atomic mass is 16.5. The first-order chi connectivity index (χ1) is 27.6. The second kappa shape index (κ2) is 24.5. The topological polar surface area (TPSA) is 130 Å². The van der Waals surface area contributed by atoms with E-state index in [1.54, 1.807) is 110 Å². The van der Waals surface area contributed by atoms with Crippen LogP contribution in [0.5, 0.6) is 17.2 Å². The predicted octanol–water partition coefficient (Wildman–Crippen LogP) is 10.8. The van der Waals surface area contributed by atoms with E-state index in [0.29, 0.717) is 27.8 Å². The number of methoxy groups -OCH3 is 3. The van der Waals surface area contributed by atoms with E-state index in [-0.39, 0.29) is 34.7 Å². The highest BCUT2D eigenvalue weighted by Crippen LogP contribution is 2.24. The third-order valence-electron chi connectivity index (χ3n) is 8.32. The van der Waals surface area contributed by atoms with Crippen LogP contribution in [-0.2, 0) is 0 Å². The number of para-hydroxylation sites is 2. The molecule has 0 aliphatic carbocycles. The molecule has 0 aromatic heterocycles. The summed E-state index contributed by atoms with van der Waals surface area (Å²) in [6.45, 7) is 9.21. The summed E-state index contributed by atoms with van der Waals surface area (Å²) in [6, 6.07) is 41.5. The molecule has 58 heavy (non-hydrogen) atoms. The molecular weight excluding hydrogens is 733 g/mol. The average molecular weight is 783 g/mol. The van der Waals surface area contributed by atoms with Gasteiger partial charge < -0.3 is 14.2 Å². The lowest BCUT2D eigenvalue weighted by molar-refractivity contribution is 0.100. The third kappa shape index (κ3) is 16.0. The molecule has 0 radical (unpaired) electrons. The van der Waals surface area contributed by atoms with Gasteiger partial charge in [-0.2, -0.15) is 0 Å². The zero-order valence-electron chi connectivity index (χ0n) is 34.5. The molecule has 0 spiro atoms. The second-order valence-electron chi connectivity index (χ2n) is 12.6. The molecule has 0 saturated heterocycles. The molecule has 300 valence electrons. The lowest BCUT2D eigenvalue weighted by Crippen LogP contribution is -1.95. The molecule has 0 amide bonds. The van der Waals surface area contributed by atoms with E-state index in [2.05, 4.69) is 0 Å². The zero-order chi connectivity index (χ0) is 43.2. The number of benzene rings is 6. The second-order valence-corrected chi connectivity index (χ2v) is 12.6. The van der Waals surface area contributed by atoms with Gasteiger partial charge in [-0.05, 0) is 101 Å². The number of hydrogen-bond donors (Lipinski definition) is 0. The van der Waals surface area contributed by atoms with Crippen molar-refractivity contribution in [2.45, 2.75) is 41.5 Å². The smallest absolute Gasteiger partial charge is 0.160 e. The molecule has 6 rings (SSSR count). The van der Waals surface area contributed by atoms with Crippen molar-refractivity contribution in [3.63, 3.8) is 0 Å². The number of Topliss-reactive ketones (excluding diaryl/α,β-unsaturated/α-hetero) is 6. The number of carbonyl (C=O) groups excluding carboxylic acids is 6. The van der Waals surface area contributed by atoms with Crippen molar-refractivity contribution in [2.24, 2.45) is 0 Å². The Bertz CT molecular complexity index is 2180. The SMILES string of the molecule is CC(=O)c1ccc(C(C)=O)cc1.CC(=O)c1ccc2cc(C(C)=O)ccc2c1.CC(=O)c1ccccc1.COc1ccc(C(C)=O)cc1.COc1ccccc1OC. The summed E-state index contributed by atoms with van der Waals surface area (Å²) in [7, 11) is 4.85. The van der Waals surface area contributed by atoms with Gasteiger partial charge in [-0.1, -0.05) is 91.0 Å². The van der Waals surface area contributed by atoms with Gasteiger partial charge in [0.2, 0.25) is 0 Å². The predicted molar refractivity (Wildman–Crippen MR) is 229 cm³/mol. The summed E-state index contributed by atoms with van der Waals surface area (Å²) in [6.07, 6.45) is 0.